The average Bonchev–Trinajstić information content (AvgIpc) is 2.67. The molecule has 0 atom stereocenters. The van der Waals surface area contributed by atoms with Gasteiger partial charge in [0.2, 0.25) is 5.88 Å². The van der Waals surface area contributed by atoms with Crippen molar-refractivity contribution >= 4 is 11.6 Å². The van der Waals surface area contributed by atoms with Gasteiger partial charge in [-0.2, -0.15) is 0 Å². The molecule has 0 unspecified atom stereocenters. The fourth-order valence-corrected chi connectivity index (χ4v) is 2.99. The Kier molecular flexibility index (Phi) is 5.63. The lowest BCUT2D eigenvalue weighted by atomic mass is 9.95. The number of amides is 1. The predicted octanol–water partition coefficient (Wildman–Crippen LogP) is 4.27. The molecule has 128 valence electrons. The van der Waals surface area contributed by atoms with Crippen molar-refractivity contribution in [2.24, 2.45) is 0 Å². The van der Waals surface area contributed by atoms with E-state index in [1.54, 1.807) is 30.5 Å². The van der Waals surface area contributed by atoms with E-state index in [9.17, 15) is 4.79 Å². The SMILES string of the molecule is [C-]#[N+]c1cccc(COc2ccc(C(=O)NC3CCCCC3)cn2)c1. The standard InChI is InChI=1S/C20H21N3O2/c1-21-18-9-5-6-15(12-18)14-25-19-11-10-16(13-22-19)20(24)23-17-7-3-2-4-8-17/h5-6,9-13,17H,2-4,7-8,14H2,(H,23,24). The highest BCUT2D eigenvalue weighted by atomic mass is 16.5. The summed E-state index contributed by atoms with van der Waals surface area (Å²) in [7, 11) is 0. The molecule has 0 aliphatic heterocycles. The van der Waals surface area contributed by atoms with Crippen molar-refractivity contribution in [3.63, 3.8) is 0 Å². The molecular weight excluding hydrogens is 314 g/mol. The molecule has 0 bridgehead atoms. The van der Waals surface area contributed by atoms with Crippen LogP contribution in [0.2, 0.25) is 0 Å². The topological polar surface area (TPSA) is 55.6 Å². The fraction of sp³-hybridized carbons (Fsp3) is 0.350. The van der Waals surface area contributed by atoms with Crippen LogP contribution in [0.5, 0.6) is 5.88 Å². The number of carbonyl (C=O) groups is 1. The number of benzene rings is 1. The van der Waals surface area contributed by atoms with Crippen LogP contribution in [0.3, 0.4) is 0 Å². The third-order valence-electron chi connectivity index (χ3n) is 4.37. The maximum absolute atomic E-state index is 12.3. The van der Waals surface area contributed by atoms with E-state index in [0.29, 0.717) is 23.7 Å². The molecule has 1 heterocycles. The summed E-state index contributed by atoms with van der Waals surface area (Å²) in [5.41, 5.74) is 2.05. The highest BCUT2D eigenvalue weighted by Crippen LogP contribution is 2.19. The molecule has 25 heavy (non-hydrogen) atoms. The zero-order valence-corrected chi connectivity index (χ0v) is 14.1. The first kappa shape index (κ1) is 17.0. The summed E-state index contributed by atoms with van der Waals surface area (Å²) in [6.45, 7) is 7.36. The van der Waals surface area contributed by atoms with Gasteiger partial charge in [0.15, 0.2) is 5.69 Å². The molecule has 1 aromatic heterocycles. The highest BCUT2D eigenvalue weighted by molar-refractivity contribution is 5.94. The van der Waals surface area contributed by atoms with Crippen molar-refractivity contribution in [2.75, 3.05) is 0 Å². The van der Waals surface area contributed by atoms with Gasteiger partial charge in [-0.05, 0) is 30.5 Å². The third-order valence-corrected chi connectivity index (χ3v) is 4.37. The minimum absolute atomic E-state index is 0.0734. The second-order valence-corrected chi connectivity index (χ2v) is 6.26. The molecule has 0 saturated heterocycles. The van der Waals surface area contributed by atoms with Gasteiger partial charge >= 0.3 is 0 Å². The Balaban J connectivity index is 1.54. The summed E-state index contributed by atoms with van der Waals surface area (Å²) >= 11 is 0. The predicted molar refractivity (Wildman–Crippen MR) is 95.6 cm³/mol. The Morgan fingerprint density at radius 2 is 2.08 bits per heavy atom. The zero-order chi connectivity index (χ0) is 17.5. The normalized spacial score (nSPS) is 14.5. The van der Waals surface area contributed by atoms with Crippen molar-refractivity contribution in [3.05, 3.63) is 65.1 Å². The molecule has 5 heteroatoms. The highest BCUT2D eigenvalue weighted by Gasteiger charge is 2.16. The van der Waals surface area contributed by atoms with Gasteiger partial charge in [-0.3, -0.25) is 4.79 Å². The summed E-state index contributed by atoms with van der Waals surface area (Å²) in [5.74, 6) is 0.387. The molecule has 0 spiro atoms. The van der Waals surface area contributed by atoms with Gasteiger partial charge in [-0.25, -0.2) is 9.83 Å². The third kappa shape index (κ3) is 4.80. The monoisotopic (exact) mass is 335 g/mol. The van der Waals surface area contributed by atoms with E-state index in [1.165, 1.54) is 19.3 Å². The van der Waals surface area contributed by atoms with E-state index < -0.39 is 0 Å². The van der Waals surface area contributed by atoms with E-state index in [2.05, 4.69) is 15.1 Å². The average molecular weight is 335 g/mol. The minimum Gasteiger partial charge on any atom is -0.473 e. The first-order chi connectivity index (χ1) is 12.2. The minimum atomic E-state index is -0.0734. The van der Waals surface area contributed by atoms with Gasteiger partial charge in [0.05, 0.1) is 12.1 Å². The molecule has 5 nitrogen and oxygen atoms in total. The Morgan fingerprint density at radius 1 is 1.24 bits per heavy atom. The second-order valence-electron chi connectivity index (χ2n) is 6.26. The maximum Gasteiger partial charge on any atom is 0.253 e. The quantitative estimate of drug-likeness (QED) is 0.830. The van der Waals surface area contributed by atoms with E-state index >= 15 is 0 Å². The summed E-state index contributed by atoms with van der Waals surface area (Å²) in [5, 5.41) is 3.08. The molecule has 1 N–H and O–H groups in total. The lowest BCUT2D eigenvalue weighted by Crippen LogP contribution is -2.36. The van der Waals surface area contributed by atoms with E-state index in [1.807, 2.05) is 12.1 Å². The number of carbonyl (C=O) groups excluding carboxylic acids is 1. The molecule has 1 aliphatic rings. The Labute approximate surface area is 147 Å². The van der Waals surface area contributed by atoms with Crippen LogP contribution in [0.15, 0.2) is 42.6 Å². The van der Waals surface area contributed by atoms with Gasteiger partial charge in [0.1, 0.15) is 6.61 Å². The molecule has 1 amide bonds. The smallest absolute Gasteiger partial charge is 0.253 e. The van der Waals surface area contributed by atoms with Crippen LogP contribution in [0.25, 0.3) is 4.85 Å². The Hall–Kier alpha value is -2.87. The first-order valence-corrected chi connectivity index (χ1v) is 8.61. The number of hydrogen-bond acceptors (Lipinski definition) is 3. The van der Waals surface area contributed by atoms with Gasteiger partial charge in [-0.15, -0.1) is 0 Å². The van der Waals surface area contributed by atoms with Crippen molar-refractivity contribution < 1.29 is 9.53 Å². The van der Waals surface area contributed by atoms with Crippen molar-refractivity contribution in [2.45, 2.75) is 44.8 Å². The lowest BCUT2D eigenvalue weighted by Gasteiger charge is -2.22. The molecule has 1 saturated carbocycles. The second kappa shape index (κ2) is 8.29. The number of nitrogens with one attached hydrogen (secondary N) is 1. The fourth-order valence-electron chi connectivity index (χ4n) is 2.99. The molecule has 2 aromatic rings. The van der Waals surface area contributed by atoms with Crippen LogP contribution < -0.4 is 10.1 Å². The Bertz CT molecular complexity index is 759. The summed E-state index contributed by atoms with van der Waals surface area (Å²) in [6, 6.07) is 11.0. The van der Waals surface area contributed by atoms with Gasteiger partial charge in [-0.1, -0.05) is 37.5 Å². The van der Waals surface area contributed by atoms with Crippen LogP contribution in [-0.2, 0) is 6.61 Å². The van der Waals surface area contributed by atoms with Crippen LogP contribution in [-0.4, -0.2) is 16.9 Å². The van der Waals surface area contributed by atoms with Gasteiger partial charge in [0.25, 0.3) is 5.91 Å². The molecule has 1 aliphatic carbocycles. The number of rotatable bonds is 5. The van der Waals surface area contributed by atoms with Crippen LogP contribution in [0, 0.1) is 6.57 Å². The number of ether oxygens (including phenoxy) is 1. The van der Waals surface area contributed by atoms with Crippen LogP contribution in [0.1, 0.15) is 48.0 Å². The molecule has 1 fully saturated rings. The van der Waals surface area contributed by atoms with E-state index in [0.717, 1.165) is 18.4 Å². The van der Waals surface area contributed by atoms with Crippen LogP contribution in [0.4, 0.5) is 5.69 Å². The first-order valence-electron chi connectivity index (χ1n) is 8.61. The molecule has 3 rings (SSSR count). The maximum atomic E-state index is 12.3. The molecular formula is C20H21N3O2. The van der Waals surface area contributed by atoms with E-state index in [-0.39, 0.29) is 11.9 Å². The zero-order valence-electron chi connectivity index (χ0n) is 14.1. The van der Waals surface area contributed by atoms with Crippen molar-refractivity contribution in [1.82, 2.24) is 10.3 Å². The number of nitrogens with zero attached hydrogens (tertiary/aromatic N) is 2. The number of aromatic nitrogens is 1. The van der Waals surface area contributed by atoms with Gasteiger partial charge < -0.3 is 10.1 Å². The molecule has 0 radical (unpaired) electrons. The van der Waals surface area contributed by atoms with E-state index in [4.69, 9.17) is 11.3 Å². The molecule has 1 aromatic carbocycles. The largest absolute Gasteiger partial charge is 0.473 e. The van der Waals surface area contributed by atoms with Crippen LogP contribution >= 0.6 is 0 Å². The summed E-state index contributed by atoms with van der Waals surface area (Å²) in [4.78, 5) is 19.9. The Morgan fingerprint density at radius 3 is 2.80 bits per heavy atom. The van der Waals surface area contributed by atoms with Crippen molar-refractivity contribution in [1.29, 1.82) is 0 Å². The van der Waals surface area contributed by atoms with Gasteiger partial charge in [0, 0.05) is 18.3 Å². The summed E-state index contributed by atoms with van der Waals surface area (Å²) in [6.07, 6.45) is 7.30. The number of hydrogen-bond donors (Lipinski definition) is 1. The summed E-state index contributed by atoms with van der Waals surface area (Å²) < 4.78 is 5.63. The lowest BCUT2D eigenvalue weighted by molar-refractivity contribution is 0.0927. The number of pyridine rings is 1. The van der Waals surface area contributed by atoms with Crippen molar-refractivity contribution in [3.8, 4) is 5.88 Å².